The van der Waals surface area contributed by atoms with E-state index in [9.17, 15) is 10.0 Å². The van der Waals surface area contributed by atoms with Crippen molar-refractivity contribution in [3.05, 3.63) is 59.7 Å². The maximum absolute atomic E-state index is 12.9. The van der Waals surface area contributed by atoms with Gasteiger partial charge >= 0.3 is 0 Å². The van der Waals surface area contributed by atoms with Crippen molar-refractivity contribution in [2.45, 2.75) is 12.8 Å². The normalized spacial score (nSPS) is 15.5. The highest BCUT2D eigenvalue weighted by Gasteiger charge is 2.28. The summed E-state index contributed by atoms with van der Waals surface area (Å²) in [7, 11) is 3.12. The molecule has 1 saturated heterocycles. The molecule has 2 aromatic carbocycles. The first kappa shape index (κ1) is 18.8. The standard InChI is InChI=1S/C21H24N2O4/c1-26-17-8-9-18(19(14-17)27-2)21(24)23-12-10-16(11-13-23)20(22-25)15-6-4-3-5-7-15/h3-9,14,16,25H,10-13H2,1-2H3/b22-20+. The summed E-state index contributed by atoms with van der Waals surface area (Å²) in [6, 6.07) is 14.9. The van der Waals surface area contributed by atoms with E-state index in [0.29, 0.717) is 35.9 Å². The van der Waals surface area contributed by atoms with E-state index in [1.165, 1.54) is 0 Å². The van der Waals surface area contributed by atoms with Crippen LogP contribution in [0.2, 0.25) is 0 Å². The van der Waals surface area contributed by atoms with Crippen molar-refractivity contribution in [2.75, 3.05) is 27.3 Å². The smallest absolute Gasteiger partial charge is 0.257 e. The number of hydrogen-bond donors (Lipinski definition) is 1. The lowest BCUT2D eigenvalue weighted by molar-refractivity contribution is 0.0706. The molecule has 2 aromatic rings. The van der Waals surface area contributed by atoms with Gasteiger partial charge in [0.1, 0.15) is 11.5 Å². The molecular formula is C21H24N2O4. The Bertz CT molecular complexity index is 812. The van der Waals surface area contributed by atoms with Crippen molar-refractivity contribution in [3.8, 4) is 11.5 Å². The van der Waals surface area contributed by atoms with Gasteiger partial charge in [-0.3, -0.25) is 4.79 Å². The lowest BCUT2D eigenvalue weighted by Crippen LogP contribution is -2.40. The molecular weight excluding hydrogens is 344 g/mol. The topological polar surface area (TPSA) is 71.4 Å². The lowest BCUT2D eigenvalue weighted by Gasteiger charge is -2.32. The van der Waals surface area contributed by atoms with Gasteiger partial charge in [-0.05, 0) is 30.5 Å². The van der Waals surface area contributed by atoms with Gasteiger partial charge in [0.05, 0.1) is 25.5 Å². The largest absolute Gasteiger partial charge is 0.497 e. The van der Waals surface area contributed by atoms with Gasteiger partial charge in [-0.2, -0.15) is 0 Å². The number of rotatable bonds is 5. The minimum Gasteiger partial charge on any atom is -0.497 e. The number of carbonyl (C=O) groups excluding carboxylic acids is 1. The van der Waals surface area contributed by atoms with E-state index in [-0.39, 0.29) is 11.8 Å². The summed E-state index contributed by atoms with van der Waals surface area (Å²) in [6.07, 6.45) is 1.50. The van der Waals surface area contributed by atoms with Crippen LogP contribution in [0.25, 0.3) is 0 Å². The van der Waals surface area contributed by atoms with Crippen molar-refractivity contribution in [1.29, 1.82) is 0 Å². The molecule has 0 atom stereocenters. The molecule has 1 heterocycles. The van der Waals surface area contributed by atoms with Crippen LogP contribution in [-0.4, -0.2) is 49.0 Å². The molecule has 3 rings (SSSR count). The molecule has 1 N–H and O–H groups in total. The highest BCUT2D eigenvalue weighted by atomic mass is 16.5. The highest BCUT2D eigenvalue weighted by molar-refractivity contribution is 6.02. The Kier molecular flexibility index (Phi) is 5.96. The van der Waals surface area contributed by atoms with Crippen molar-refractivity contribution in [1.82, 2.24) is 4.90 Å². The predicted octanol–water partition coefficient (Wildman–Crippen LogP) is 3.43. The molecule has 1 aliphatic rings. The fraction of sp³-hybridized carbons (Fsp3) is 0.333. The third kappa shape index (κ3) is 4.05. The molecule has 142 valence electrons. The summed E-state index contributed by atoms with van der Waals surface area (Å²) in [5.41, 5.74) is 2.13. The van der Waals surface area contributed by atoms with Gasteiger partial charge in [0, 0.05) is 25.1 Å². The third-order valence-corrected chi connectivity index (χ3v) is 4.99. The van der Waals surface area contributed by atoms with E-state index in [0.717, 1.165) is 18.4 Å². The van der Waals surface area contributed by atoms with Crippen molar-refractivity contribution in [3.63, 3.8) is 0 Å². The minimum absolute atomic E-state index is 0.0600. The van der Waals surface area contributed by atoms with Gasteiger partial charge in [-0.1, -0.05) is 35.5 Å². The Balaban J connectivity index is 1.69. The summed E-state index contributed by atoms with van der Waals surface area (Å²) in [5.74, 6) is 1.21. The summed E-state index contributed by atoms with van der Waals surface area (Å²) in [6.45, 7) is 1.20. The maximum Gasteiger partial charge on any atom is 0.257 e. The van der Waals surface area contributed by atoms with Crippen LogP contribution >= 0.6 is 0 Å². The Morgan fingerprint density at radius 1 is 1.07 bits per heavy atom. The Morgan fingerprint density at radius 3 is 2.37 bits per heavy atom. The molecule has 0 radical (unpaired) electrons. The van der Waals surface area contributed by atoms with Gasteiger partial charge in [0.25, 0.3) is 5.91 Å². The van der Waals surface area contributed by atoms with Gasteiger partial charge in [-0.15, -0.1) is 0 Å². The molecule has 0 spiro atoms. The Morgan fingerprint density at radius 2 is 1.78 bits per heavy atom. The fourth-order valence-electron chi connectivity index (χ4n) is 3.49. The van der Waals surface area contributed by atoms with Gasteiger partial charge in [-0.25, -0.2) is 0 Å². The minimum atomic E-state index is -0.0600. The number of amides is 1. The van der Waals surface area contributed by atoms with Gasteiger partial charge in [0.15, 0.2) is 0 Å². The van der Waals surface area contributed by atoms with Crippen LogP contribution in [0.15, 0.2) is 53.7 Å². The SMILES string of the molecule is COc1ccc(C(=O)N2CCC(/C(=N/O)c3ccccc3)CC2)c(OC)c1. The summed E-state index contributed by atoms with van der Waals surface area (Å²) in [5, 5.41) is 13.0. The summed E-state index contributed by atoms with van der Waals surface area (Å²) < 4.78 is 10.5. The first-order chi connectivity index (χ1) is 13.2. The number of likely N-dealkylation sites (tertiary alicyclic amines) is 1. The number of nitrogens with zero attached hydrogens (tertiary/aromatic N) is 2. The molecule has 1 aliphatic heterocycles. The monoisotopic (exact) mass is 368 g/mol. The number of oxime groups is 1. The second-order valence-corrected chi connectivity index (χ2v) is 6.48. The number of hydrogen-bond acceptors (Lipinski definition) is 5. The van der Waals surface area contributed by atoms with E-state index >= 15 is 0 Å². The zero-order valence-corrected chi connectivity index (χ0v) is 15.6. The van der Waals surface area contributed by atoms with Crippen LogP contribution in [0.5, 0.6) is 11.5 Å². The van der Waals surface area contributed by atoms with E-state index in [4.69, 9.17) is 9.47 Å². The third-order valence-electron chi connectivity index (χ3n) is 4.99. The number of methoxy groups -OCH3 is 2. The van der Waals surface area contributed by atoms with Gasteiger partial charge < -0.3 is 19.6 Å². The number of piperidine rings is 1. The van der Waals surface area contributed by atoms with Crippen LogP contribution in [0.4, 0.5) is 0 Å². The zero-order chi connectivity index (χ0) is 19.2. The Hall–Kier alpha value is -3.02. The van der Waals surface area contributed by atoms with E-state index < -0.39 is 0 Å². The van der Waals surface area contributed by atoms with Crippen molar-refractivity contribution in [2.24, 2.45) is 11.1 Å². The molecule has 6 heteroatoms. The maximum atomic E-state index is 12.9. The zero-order valence-electron chi connectivity index (χ0n) is 15.6. The molecule has 0 aliphatic carbocycles. The summed E-state index contributed by atoms with van der Waals surface area (Å²) in [4.78, 5) is 14.7. The first-order valence-corrected chi connectivity index (χ1v) is 8.96. The van der Waals surface area contributed by atoms with Crippen LogP contribution < -0.4 is 9.47 Å². The number of benzene rings is 2. The highest BCUT2D eigenvalue weighted by Crippen LogP contribution is 2.28. The molecule has 0 saturated carbocycles. The van der Waals surface area contributed by atoms with Crippen LogP contribution in [0.3, 0.4) is 0 Å². The van der Waals surface area contributed by atoms with Crippen LogP contribution in [-0.2, 0) is 0 Å². The molecule has 1 fully saturated rings. The fourth-order valence-corrected chi connectivity index (χ4v) is 3.49. The Labute approximate surface area is 159 Å². The second-order valence-electron chi connectivity index (χ2n) is 6.48. The quantitative estimate of drug-likeness (QED) is 0.499. The van der Waals surface area contributed by atoms with Crippen LogP contribution in [0, 0.1) is 5.92 Å². The van der Waals surface area contributed by atoms with E-state index in [1.807, 2.05) is 35.2 Å². The van der Waals surface area contributed by atoms with Crippen LogP contribution in [0.1, 0.15) is 28.8 Å². The number of ether oxygens (including phenoxy) is 2. The molecule has 1 amide bonds. The molecule has 0 aromatic heterocycles. The predicted molar refractivity (Wildman–Crippen MR) is 103 cm³/mol. The molecule has 27 heavy (non-hydrogen) atoms. The average molecular weight is 368 g/mol. The average Bonchev–Trinajstić information content (AvgIpc) is 2.74. The molecule has 0 bridgehead atoms. The summed E-state index contributed by atoms with van der Waals surface area (Å²) >= 11 is 0. The molecule has 0 unspecified atom stereocenters. The first-order valence-electron chi connectivity index (χ1n) is 8.96. The number of carbonyl (C=O) groups is 1. The van der Waals surface area contributed by atoms with E-state index in [2.05, 4.69) is 5.16 Å². The molecule has 6 nitrogen and oxygen atoms in total. The van der Waals surface area contributed by atoms with E-state index in [1.54, 1.807) is 32.4 Å². The van der Waals surface area contributed by atoms with Crippen molar-refractivity contribution >= 4 is 11.6 Å². The second kappa shape index (κ2) is 8.58. The van der Waals surface area contributed by atoms with Crippen molar-refractivity contribution < 1.29 is 19.5 Å². The van der Waals surface area contributed by atoms with Gasteiger partial charge in [0.2, 0.25) is 0 Å². The lowest BCUT2D eigenvalue weighted by atomic mass is 9.88.